The van der Waals surface area contributed by atoms with Crippen molar-refractivity contribution in [3.63, 3.8) is 0 Å². The highest BCUT2D eigenvalue weighted by atomic mass is 16.5. The van der Waals surface area contributed by atoms with Gasteiger partial charge >= 0.3 is 5.97 Å². The normalized spacial score (nSPS) is 12.1. The quantitative estimate of drug-likeness (QED) is 0.105. The molecular formula is C28H50O2. The first kappa shape index (κ1) is 28.7. The van der Waals surface area contributed by atoms with Gasteiger partial charge in [0.2, 0.25) is 0 Å². The van der Waals surface area contributed by atoms with Crippen molar-refractivity contribution in [2.75, 3.05) is 6.61 Å². The maximum absolute atomic E-state index is 11.7. The fourth-order valence-electron chi connectivity index (χ4n) is 3.33. The van der Waals surface area contributed by atoms with E-state index in [9.17, 15) is 4.79 Å². The Kier molecular flexibility index (Phi) is 22.9. The van der Waals surface area contributed by atoms with Crippen LogP contribution in [0.4, 0.5) is 0 Å². The summed E-state index contributed by atoms with van der Waals surface area (Å²) in [5.41, 5.74) is 0. The molecule has 0 heterocycles. The molecule has 0 fully saturated rings. The molecule has 0 unspecified atom stereocenters. The highest BCUT2D eigenvalue weighted by Gasteiger charge is 2.02. The van der Waals surface area contributed by atoms with Crippen molar-refractivity contribution in [1.82, 2.24) is 0 Å². The van der Waals surface area contributed by atoms with Gasteiger partial charge in [-0.3, -0.25) is 4.79 Å². The highest BCUT2D eigenvalue weighted by molar-refractivity contribution is 5.69. The summed E-state index contributed by atoms with van der Waals surface area (Å²) in [4.78, 5) is 11.7. The summed E-state index contributed by atoms with van der Waals surface area (Å²) in [7, 11) is 0. The van der Waals surface area contributed by atoms with Crippen molar-refractivity contribution in [3.05, 3.63) is 36.5 Å². The molecule has 0 aromatic heterocycles. The number of allylic oxidation sites excluding steroid dienone is 6. The number of carbonyl (C=O) groups excluding carboxylic acids is 1. The number of ether oxygens (including phenoxy) is 1. The molecule has 0 aliphatic heterocycles. The number of carbonyl (C=O) groups is 1. The minimum Gasteiger partial charge on any atom is -0.466 e. The van der Waals surface area contributed by atoms with E-state index in [-0.39, 0.29) is 5.97 Å². The molecular weight excluding hydrogens is 368 g/mol. The van der Waals surface area contributed by atoms with Crippen LogP contribution in [-0.4, -0.2) is 12.6 Å². The summed E-state index contributed by atoms with van der Waals surface area (Å²) in [6, 6.07) is 0. The topological polar surface area (TPSA) is 26.3 Å². The van der Waals surface area contributed by atoms with Gasteiger partial charge in [-0.2, -0.15) is 0 Å². The van der Waals surface area contributed by atoms with E-state index in [1.165, 1.54) is 57.8 Å². The van der Waals surface area contributed by atoms with Gasteiger partial charge in [0.25, 0.3) is 0 Å². The summed E-state index contributed by atoms with van der Waals surface area (Å²) in [5, 5.41) is 0. The summed E-state index contributed by atoms with van der Waals surface area (Å²) >= 11 is 0. The molecule has 174 valence electrons. The zero-order chi connectivity index (χ0) is 22.1. The van der Waals surface area contributed by atoms with Crippen LogP contribution in [0.3, 0.4) is 0 Å². The van der Waals surface area contributed by atoms with E-state index < -0.39 is 0 Å². The smallest absolute Gasteiger partial charge is 0.305 e. The fraction of sp³-hybridized carbons (Fsp3) is 0.750. The van der Waals surface area contributed by atoms with Crippen molar-refractivity contribution >= 4 is 5.97 Å². The van der Waals surface area contributed by atoms with Crippen LogP contribution >= 0.6 is 0 Å². The average Bonchev–Trinajstić information content (AvgIpc) is 2.72. The lowest BCUT2D eigenvalue weighted by molar-refractivity contribution is -0.143. The fourth-order valence-corrected chi connectivity index (χ4v) is 3.33. The second-order valence-electron chi connectivity index (χ2n) is 8.77. The Bertz CT molecular complexity index is 446. The lowest BCUT2D eigenvalue weighted by atomic mass is 10.0. The number of unbranched alkanes of at least 4 members (excludes halogenated alkanes) is 9. The number of rotatable bonds is 21. The Morgan fingerprint density at radius 1 is 0.700 bits per heavy atom. The standard InChI is InChI=1S/C28H50O2/c1-4-5-6-7-8-9-10-11-12-13-14-15-16-19-22-25-28(29)30-26-23-20-17-18-21-24-27(2)3/h5-6,8-9,11-12,27H,4,7,10,13-26H2,1-3H3/b6-5-,9-8-,12-11-. The zero-order valence-corrected chi connectivity index (χ0v) is 20.4. The van der Waals surface area contributed by atoms with Gasteiger partial charge in [-0.05, 0) is 50.9 Å². The maximum Gasteiger partial charge on any atom is 0.305 e. The molecule has 2 nitrogen and oxygen atoms in total. The molecule has 2 heteroatoms. The SMILES string of the molecule is CC/C=C\C/C=C\C/C=C\CCCCCCCC(=O)OCCCCCCCC(C)C. The van der Waals surface area contributed by atoms with Crippen LogP contribution in [0, 0.1) is 5.92 Å². The predicted octanol–water partition coefficient (Wildman–Crippen LogP) is 9.12. The molecule has 0 aromatic rings. The van der Waals surface area contributed by atoms with Gasteiger partial charge < -0.3 is 4.74 Å². The first-order valence-electron chi connectivity index (χ1n) is 12.8. The Labute approximate surface area is 188 Å². The second kappa shape index (κ2) is 24.0. The summed E-state index contributed by atoms with van der Waals surface area (Å²) in [5.74, 6) is 0.814. The molecule has 0 saturated heterocycles. The van der Waals surface area contributed by atoms with Gasteiger partial charge in [0.15, 0.2) is 0 Å². The summed E-state index contributed by atoms with van der Waals surface area (Å²) < 4.78 is 5.35. The van der Waals surface area contributed by atoms with E-state index in [0.717, 1.165) is 44.4 Å². The van der Waals surface area contributed by atoms with Crippen LogP contribution in [0.5, 0.6) is 0 Å². The molecule has 0 amide bonds. The number of hydrogen-bond acceptors (Lipinski definition) is 2. The molecule has 0 saturated carbocycles. The van der Waals surface area contributed by atoms with Crippen molar-refractivity contribution < 1.29 is 9.53 Å². The van der Waals surface area contributed by atoms with Crippen LogP contribution in [0.2, 0.25) is 0 Å². The Morgan fingerprint density at radius 2 is 1.27 bits per heavy atom. The molecule has 0 aliphatic carbocycles. The molecule has 0 aromatic carbocycles. The average molecular weight is 419 g/mol. The molecule has 0 aliphatic rings. The predicted molar refractivity (Wildman–Crippen MR) is 133 cm³/mol. The molecule has 0 bridgehead atoms. The Morgan fingerprint density at radius 3 is 1.97 bits per heavy atom. The molecule has 30 heavy (non-hydrogen) atoms. The van der Waals surface area contributed by atoms with Crippen LogP contribution in [0.1, 0.15) is 124 Å². The Balaban J connectivity index is 3.29. The van der Waals surface area contributed by atoms with Crippen LogP contribution in [-0.2, 0) is 9.53 Å². The van der Waals surface area contributed by atoms with Gasteiger partial charge in [-0.15, -0.1) is 0 Å². The third kappa shape index (κ3) is 24.7. The van der Waals surface area contributed by atoms with E-state index >= 15 is 0 Å². The first-order chi connectivity index (χ1) is 14.7. The van der Waals surface area contributed by atoms with Gasteiger partial charge in [-0.25, -0.2) is 0 Å². The van der Waals surface area contributed by atoms with Gasteiger partial charge in [0.1, 0.15) is 0 Å². The lowest BCUT2D eigenvalue weighted by Gasteiger charge is -2.06. The van der Waals surface area contributed by atoms with E-state index in [2.05, 4.69) is 57.2 Å². The van der Waals surface area contributed by atoms with E-state index in [4.69, 9.17) is 4.74 Å². The van der Waals surface area contributed by atoms with Crippen molar-refractivity contribution in [1.29, 1.82) is 0 Å². The number of esters is 1. The largest absolute Gasteiger partial charge is 0.466 e. The minimum atomic E-state index is -0.00372. The molecule has 0 rings (SSSR count). The third-order valence-electron chi connectivity index (χ3n) is 5.22. The van der Waals surface area contributed by atoms with E-state index in [0.29, 0.717) is 13.0 Å². The maximum atomic E-state index is 11.7. The van der Waals surface area contributed by atoms with Crippen molar-refractivity contribution in [2.24, 2.45) is 5.92 Å². The van der Waals surface area contributed by atoms with E-state index in [1.807, 2.05) is 0 Å². The van der Waals surface area contributed by atoms with Crippen LogP contribution < -0.4 is 0 Å². The van der Waals surface area contributed by atoms with Gasteiger partial charge in [0, 0.05) is 6.42 Å². The summed E-state index contributed by atoms with van der Waals surface area (Å²) in [6.07, 6.45) is 31.7. The van der Waals surface area contributed by atoms with Crippen LogP contribution in [0.15, 0.2) is 36.5 Å². The second-order valence-corrected chi connectivity index (χ2v) is 8.77. The van der Waals surface area contributed by atoms with Crippen LogP contribution in [0.25, 0.3) is 0 Å². The van der Waals surface area contributed by atoms with E-state index in [1.54, 1.807) is 0 Å². The summed E-state index contributed by atoms with van der Waals surface area (Å²) in [6.45, 7) is 7.34. The van der Waals surface area contributed by atoms with Crippen molar-refractivity contribution in [2.45, 2.75) is 124 Å². The molecule has 0 N–H and O–H groups in total. The first-order valence-corrected chi connectivity index (χ1v) is 12.8. The third-order valence-corrected chi connectivity index (χ3v) is 5.22. The van der Waals surface area contributed by atoms with Crippen molar-refractivity contribution in [3.8, 4) is 0 Å². The Hall–Kier alpha value is -1.31. The highest BCUT2D eigenvalue weighted by Crippen LogP contribution is 2.11. The minimum absolute atomic E-state index is 0.00372. The molecule has 0 spiro atoms. The number of hydrogen-bond donors (Lipinski definition) is 0. The van der Waals surface area contributed by atoms with Gasteiger partial charge in [-0.1, -0.05) is 109 Å². The zero-order valence-electron chi connectivity index (χ0n) is 20.4. The lowest BCUT2D eigenvalue weighted by Crippen LogP contribution is -2.05. The van der Waals surface area contributed by atoms with Gasteiger partial charge in [0.05, 0.1) is 6.61 Å². The molecule has 0 atom stereocenters. The monoisotopic (exact) mass is 418 g/mol. The molecule has 0 radical (unpaired) electrons.